The number of benzene rings is 2. The summed E-state index contributed by atoms with van der Waals surface area (Å²) >= 11 is 0. The van der Waals surface area contributed by atoms with Gasteiger partial charge in [0, 0.05) is 29.7 Å². The van der Waals surface area contributed by atoms with Crippen molar-refractivity contribution in [3.63, 3.8) is 0 Å². The van der Waals surface area contributed by atoms with E-state index in [0.717, 1.165) is 17.6 Å². The van der Waals surface area contributed by atoms with Gasteiger partial charge in [0.25, 0.3) is 0 Å². The van der Waals surface area contributed by atoms with Crippen molar-refractivity contribution in [1.29, 1.82) is 0 Å². The fourth-order valence-electron chi connectivity index (χ4n) is 2.83. The zero-order chi connectivity index (χ0) is 16.2. The number of H-pyrrole nitrogens is 1. The van der Waals surface area contributed by atoms with Crippen molar-refractivity contribution in [2.24, 2.45) is 0 Å². The Morgan fingerprint density at radius 2 is 1.91 bits per heavy atom. The van der Waals surface area contributed by atoms with E-state index in [2.05, 4.69) is 28.5 Å². The fraction of sp³-hybridized carbons (Fsp3) is 0.263. The minimum absolute atomic E-state index is 0.143. The van der Waals surface area contributed by atoms with Crippen LogP contribution in [0.3, 0.4) is 0 Å². The topological polar surface area (TPSA) is 48.0 Å². The first kappa shape index (κ1) is 15.7. The molecule has 0 fully saturated rings. The molecule has 2 aromatic carbocycles. The smallest absolute Gasteiger partial charge is 0.123 e. The average Bonchev–Trinajstić information content (AvgIpc) is 3.02. The predicted octanol–water partition coefficient (Wildman–Crippen LogP) is 3.91. The van der Waals surface area contributed by atoms with E-state index < -0.39 is 6.10 Å². The maximum Gasteiger partial charge on any atom is 0.123 e. The molecule has 3 aromatic rings. The van der Waals surface area contributed by atoms with Crippen molar-refractivity contribution >= 4 is 10.9 Å². The molecule has 0 aliphatic heterocycles. The SMILES string of the molecule is CC(CC(O)c1ccc(F)cc1)NCc1cccc2[nH]ccc12. The zero-order valence-electron chi connectivity index (χ0n) is 13.1. The lowest BCUT2D eigenvalue weighted by Gasteiger charge is -2.18. The molecule has 2 atom stereocenters. The molecular formula is C19H21FN2O. The normalized spacial score (nSPS) is 14.0. The zero-order valence-corrected chi connectivity index (χ0v) is 13.1. The van der Waals surface area contributed by atoms with Crippen molar-refractivity contribution in [3.8, 4) is 0 Å². The third-order valence-corrected chi connectivity index (χ3v) is 4.16. The van der Waals surface area contributed by atoms with Gasteiger partial charge in [-0.1, -0.05) is 24.3 Å². The summed E-state index contributed by atoms with van der Waals surface area (Å²) in [5.41, 5.74) is 3.10. The molecule has 23 heavy (non-hydrogen) atoms. The molecule has 0 amide bonds. The van der Waals surface area contributed by atoms with E-state index in [0.29, 0.717) is 6.42 Å². The van der Waals surface area contributed by atoms with E-state index in [1.807, 2.05) is 19.2 Å². The van der Waals surface area contributed by atoms with Gasteiger partial charge in [0.15, 0.2) is 0 Å². The summed E-state index contributed by atoms with van der Waals surface area (Å²) < 4.78 is 12.9. The van der Waals surface area contributed by atoms with Crippen molar-refractivity contribution in [1.82, 2.24) is 10.3 Å². The Balaban J connectivity index is 1.58. The molecule has 0 aliphatic carbocycles. The quantitative estimate of drug-likeness (QED) is 0.646. The number of hydrogen-bond acceptors (Lipinski definition) is 2. The van der Waals surface area contributed by atoms with Gasteiger partial charge in [-0.05, 0) is 48.7 Å². The lowest BCUT2D eigenvalue weighted by atomic mass is 10.0. The Hall–Kier alpha value is -2.17. The minimum Gasteiger partial charge on any atom is -0.388 e. The van der Waals surface area contributed by atoms with Gasteiger partial charge in [-0.25, -0.2) is 4.39 Å². The van der Waals surface area contributed by atoms with Crippen LogP contribution in [0.1, 0.15) is 30.6 Å². The van der Waals surface area contributed by atoms with Crippen LogP contribution in [0.15, 0.2) is 54.7 Å². The number of aromatic amines is 1. The highest BCUT2D eigenvalue weighted by Gasteiger charge is 2.13. The Morgan fingerprint density at radius 1 is 1.13 bits per heavy atom. The van der Waals surface area contributed by atoms with Crippen LogP contribution >= 0.6 is 0 Å². The fourth-order valence-corrected chi connectivity index (χ4v) is 2.83. The monoisotopic (exact) mass is 312 g/mol. The number of halogens is 1. The molecule has 1 aromatic heterocycles. The molecule has 0 saturated heterocycles. The molecular weight excluding hydrogens is 291 g/mol. The van der Waals surface area contributed by atoms with E-state index >= 15 is 0 Å². The Morgan fingerprint density at radius 3 is 2.70 bits per heavy atom. The number of fused-ring (bicyclic) bond motifs is 1. The van der Waals surface area contributed by atoms with Crippen LogP contribution in [0, 0.1) is 5.82 Å². The summed E-state index contributed by atoms with van der Waals surface area (Å²) in [4.78, 5) is 3.21. The maximum absolute atomic E-state index is 12.9. The minimum atomic E-state index is -0.596. The van der Waals surface area contributed by atoms with Gasteiger partial charge in [-0.15, -0.1) is 0 Å². The average molecular weight is 312 g/mol. The van der Waals surface area contributed by atoms with Crippen molar-refractivity contribution < 1.29 is 9.50 Å². The Kier molecular flexibility index (Phi) is 4.74. The maximum atomic E-state index is 12.9. The van der Waals surface area contributed by atoms with Crippen molar-refractivity contribution in [3.05, 3.63) is 71.7 Å². The third kappa shape index (κ3) is 3.78. The molecule has 0 radical (unpaired) electrons. The standard InChI is InChI=1S/C19H21FN2O/c1-13(11-19(23)14-5-7-16(20)8-6-14)22-12-15-3-2-4-18-17(15)9-10-21-18/h2-10,13,19,21-23H,11-12H2,1H3. The Labute approximate surface area is 135 Å². The third-order valence-electron chi connectivity index (χ3n) is 4.16. The number of hydrogen-bond donors (Lipinski definition) is 3. The molecule has 3 nitrogen and oxygen atoms in total. The van der Waals surface area contributed by atoms with Gasteiger partial charge in [0.2, 0.25) is 0 Å². The highest BCUT2D eigenvalue weighted by Crippen LogP contribution is 2.20. The lowest BCUT2D eigenvalue weighted by Crippen LogP contribution is -2.27. The van der Waals surface area contributed by atoms with E-state index in [9.17, 15) is 9.50 Å². The molecule has 0 saturated carbocycles. The summed E-state index contributed by atoms with van der Waals surface area (Å²) in [7, 11) is 0. The molecule has 120 valence electrons. The number of aromatic nitrogens is 1. The number of nitrogens with one attached hydrogen (secondary N) is 2. The van der Waals surface area contributed by atoms with Gasteiger partial charge in [0.1, 0.15) is 5.82 Å². The Bertz CT molecular complexity index is 766. The van der Waals surface area contributed by atoms with Gasteiger partial charge in [-0.2, -0.15) is 0 Å². The van der Waals surface area contributed by atoms with Crippen LogP contribution in [0.5, 0.6) is 0 Å². The first-order valence-electron chi connectivity index (χ1n) is 7.85. The summed E-state index contributed by atoms with van der Waals surface area (Å²) in [5, 5.41) is 14.9. The highest BCUT2D eigenvalue weighted by atomic mass is 19.1. The van der Waals surface area contributed by atoms with Crippen LogP contribution in [-0.4, -0.2) is 16.1 Å². The lowest BCUT2D eigenvalue weighted by molar-refractivity contribution is 0.154. The second kappa shape index (κ2) is 6.94. The van der Waals surface area contributed by atoms with Gasteiger partial charge in [-0.3, -0.25) is 0 Å². The number of rotatable bonds is 6. The molecule has 0 aliphatic rings. The second-order valence-electron chi connectivity index (χ2n) is 5.94. The molecule has 3 N–H and O–H groups in total. The van der Waals surface area contributed by atoms with Gasteiger partial charge < -0.3 is 15.4 Å². The molecule has 1 heterocycles. The largest absolute Gasteiger partial charge is 0.388 e. The van der Waals surface area contributed by atoms with Crippen LogP contribution in [0.2, 0.25) is 0 Å². The van der Waals surface area contributed by atoms with E-state index in [1.54, 1.807) is 12.1 Å². The number of aliphatic hydroxyl groups excluding tert-OH is 1. The highest BCUT2D eigenvalue weighted by molar-refractivity contribution is 5.82. The van der Waals surface area contributed by atoms with Crippen LogP contribution in [0.4, 0.5) is 4.39 Å². The second-order valence-corrected chi connectivity index (χ2v) is 5.94. The van der Waals surface area contributed by atoms with E-state index in [-0.39, 0.29) is 11.9 Å². The number of aliphatic hydroxyl groups is 1. The van der Waals surface area contributed by atoms with Crippen molar-refractivity contribution in [2.45, 2.75) is 32.0 Å². The summed E-state index contributed by atoms with van der Waals surface area (Å²) in [6, 6.07) is 14.4. The van der Waals surface area contributed by atoms with Gasteiger partial charge >= 0.3 is 0 Å². The first-order chi connectivity index (χ1) is 11.1. The molecule has 3 rings (SSSR count). The predicted molar refractivity (Wildman–Crippen MR) is 90.6 cm³/mol. The molecule has 4 heteroatoms. The molecule has 2 unspecified atom stereocenters. The summed E-state index contributed by atoms with van der Waals surface area (Å²) in [5.74, 6) is -0.285. The summed E-state index contributed by atoms with van der Waals surface area (Å²) in [6.45, 7) is 2.79. The van der Waals surface area contributed by atoms with Crippen LogP contribution in [-0.2, 0) is 6.54 Å². The van der Waals surface area contributed by atoms with Crippen LogP contribution in [0.25, 0.3) is 10.9 Å². The molecule has 0 spiro atoms. The van der Waals surface area contributed by atoms with Crippen LogP contribution < -0.4 is 5.32 Å². The van der Waals surface area contributed by atoms with E-state index in [1.165, 1.54) is 23.1 Å². The van der Waals surface area contributed by atoms with Crippen molar-refractivity contribution in [2.75, 3.05) is 0 Å². The molecule has 0 bridgehead atoms. The summed E-state index contributed by atoms with van der Waals surface area (Å²) in [6.07, 6.45) is 1.92. The van der Waals surface area contributed by atoms with E-state index in [4.69, 9.17) is 0 Å². The first-order valence-corrected chi connectivity index (χ1v) is 7.85. The van der Waals surface area contributed by atoms with Gasteiger partial charge in [0.05, 0.1) is 6.10 Å².